The Morgan fingerprint density at radius 2 is 1.57 bits per heavy atom. The Bertz CT molecular complexity index is 1400. The van der Waals surface area contributed by atoms with Crippen LogP contribution >= 0.6 is 11.8 Å². The van der Waals surface area contributed by atoms with Gasteiger partial charge >= 0.3 is 0 Å². The number of para-hydroxylation sites is 1. The molecule has 1 aliphatic rings. The van der Waals surface area contributed by atoms with Gasteiger partial charge in [-0.05, 0) is 86.7 Å². The van der Waals surface area contributed by atoms with Crippen molar-refractivity contribution in [1.82, 2.24) is 4.90 Å². The van der Waals surface area contributed by atoms with Crippen molar-refractivity contribution >= 4 is 45.0 Å². The van der Waals surface area contributed by atoms with Gasteiger partial charge in [0.05, 0.1) is 28.4 Å². The molecule has 3 aromatic carbocycles. The summed E-state index contributed by atoms with van der Waals surface area (Å²) < 4.78 is 34.2. The summed E-state index contributed by atoms with van der Waals surface area (Å²) in [5.41, 5.74) is 1.07. The fraction of sp³-hybridized carbons (Fsp3) is 0.333. The van der Waals surface area contributed by atoms with Gasteiger partial charge in [-0.3, -0.25) is 13.9 Å². The van der Waals surface area contributed by atoms with Gasteiger partial charge < -0.3 is 15.0 Å². The average Bonchev–Trinajstić information content (AvgIpc) is 3.26. The molecule has 0 radical (unpaired) electrons. The molecule has 0 spiro atoms. The summed E-state index contributed by atoms with van der Waals surface area (Å²) in [6.07, 6.45) is 6.01. The van der Waals surface area contributed by atoms with E-state index >= 15 is 0 Å². The maximum absolute atomic E-state index is 13.8. The van der Waals surface area contributed by atoms with Crippen molar-refractivity contribution in [2.45, 2.75) is 42.4 Å². The number of thioether (sulfide) groups is 1. The maximum atomic E-state index is 13.8. The predicted molar refractivity (Wildman–Crippen MR) is 160 cm³/mol. The SMILES string of the molecule is CCOc1ccc(N(CC(=O)Nc2ccccc2C(=O)N2CCCCCC2)S(=O)(=O)c2ccc(SC)cc2)cc1. The Hall–Kier alpha value is -3.50. The Balaban J connectivity index is 1.61. The van der Waals surface area contributed by atoms with E-state index in [1.54, 1.807) is 60.7 Å². The molecule has 0 aliphatic carbocycles. The molecule has 1 N–H and O–H groups in total. The van der Waals surface area contributed by atoms with Crippen LogP contribution in [0.25, 0.3) is 0 Å². The molecule has 212 valence electrons. The third-order valence-electron chi connectivity index (χ3n) is 6.70. The largest absolute Gasteiger partial charge is 0.494 e. The number of sulfonamides is 1. The minimum Gasteiger partial charge on any atom is -0.494 e. The highest BCUT2D eigenvalue weighted by Gasteiger charge is 2.28. The van der Waals surface area contributed by atoms with Crippen LogP contribution in [0, 0.1) is 0 Å². The summed E-state index contributed by atoms with van der Waals surface area (Å²) in [5, 5.41) is 2.80. The minimum atomic E-state index is -4.09. The number of hydrogen-bond donors (Lipinski definition) is 1. The van der Waals surface area contributed by atoms with Crippen LogP contribution < -0.4 is 14.4 Å². The van der Waals surface area contributed by atoms with E-state index < -0.39 is 22.5 Å². The van der Waals surface area contributed by atoms with Crippen LogP contribution in [0.4, 0.5) is 11.4 Å². The third kappa shape index (κ3) is 7.17. The summed E-state index contributed by atoms with van der Waals surface area (Å²) >= 11 is 1.51. The van der Waals surface area contributed by atoms with Gasteiger partial charge in [-0.25, -0.2) is 8.42 Å². The number of rotatable bonds is 10. The molecule has 2 amide bonds. The number of carbonyl (C=O) groups is 2. The first-order valence-electron chi connectivity index (χ1n) is 13.4. The van der Waals surface area contributed by atoms with Gasteiger partial charge in [-0.2, -0.15) is 0 Å². The molecule has 1 fully saturated rings. The van der Waals surface area contributed by atoms with E-state index in [1.165, 1.54) is 23.9 Å². The summed E-state index contributed by atoms with van der Waals surface area (Å²) in [6.45, 7) is 3.22. The molecule has 3 aromatic rings. The lowest BCUT2D eigenvalue weighted by atomic mass is 10.1. The second-order valence-corrected chi connectivity index (χ2v) is 12.2. The maximum Gasteiger partial charge on any atom is 0.264 e. The van der Waals surface area contributed by atoms with Gasteiger partial charge in [0.25, 0.3) is 15.9 Å². The van der Waals surface area contributed by atoms with Gasteiger partial charge in [-0.1, -0.05) is 25.0 Å². The lowest BCUT2D eigenvalue weighted by Gasteiger charge is -2.25. The van der Waals surface area contributed by atoms with E-state index in [0.29, 0.717) is 42.4 Å². The smallest absolute Gasteiger partial charge is 0.264 e. The first-order valence-corrected chi connectivity index (χ1v) is 16.1. The predicted octanol–water partition coefficient (Wildman–Crippen LogP) is 5.66. The van der Waals surface area contributed by atoms with E-state index in [9.17, 15) is 18.0 Å². The Kier molecular flexibility index (Phi) is 10.1. The second kappa shape index (κ2) is 13.7. The van der Waals surface area contributed by atoms with Gasteiger partial charge in [0.2, 0.25) is 5.91 Å². The van der Waals surface area contributed by atoms with Crippen molar-refractivity contribution in [1.29, 1.82) is 0 Å². The molecule has 1 aliphatic heterocycles. The molecule has 0 atom stereocenters. The Morgan fingerprint density at radius 1 is 0.925 bits per heavy atom. The number of nitrogens with one attached hydrogen (secondary N) is 1. The van der Waals surface area contributed by atoms with Crippen LogP contribution in [0.2, 0.25) is 0 Å². The molecule has 1 saturated heterocycles. The molecule has 8 nitrogen and oxygen atoms in total. The number of hydrogen-bond acceptors (Lipinski definition) is 6. The molecule has 0 unspecified atom stereocenters. The molecule has 0 saturated carbocycles. The van der Waals surface area contributed by atoms with Crippen LogP contribution in [0.1, 0.15) is 43.0 Å². The molecule has 40 heavy (non-hydrogen) atoms. The average molecular weight is 582 g/mol. The zero-order valence-corrected chi connectivity index (χ0v) is 24.5. The lowest BCUT2D eigenvalue weighted by molar-refractivity contribution is -0.114. The van der Waals surface area contributed by atoms with Crippen molar-refractivity contribution in [2.24, 2.45) is 0 Å². The highest BCUT2D eigenvalue weighted by Crippen LogP contribution is 2.28. The van der Waals surface area contributed by atoms with Crippen molar-refractivity contribution in [2.75, 3.05) is 42.1 Å². The van der Waals surface area contributed by atoms with Gasteiger partial charge in [0.1, 0.15) is 12.3 Å². The third-order valence-corrected chi connectivity index (χ3v) is 9.23. The first kappa shape index (κ1) is 29.5. The van der Waals surface area contributed by atoms with E-state index in [4.69, 9.17) is 4.74 Å². The number of anilines is 2. The van der Waals surface area contributed by atoms with Crippen molar-refractivity contribution in [3.05, 3.63) is 78.4 Å². The van der Waals surface area contributed by atoms with E-state index in [2.05, 4.69) is 5.32 Å². The van der Waals surface area contributed by atoms with Crippen molar-refractivity contribution in [3.8, 4) is 5.75 Å². The Labute approximate surface area is 240 Å². The Morgan fingerprint density at radius 3 is 2.20 bits per heavy atom. The number of ether oxygens (including phenoxy) is 1. The van der Waals surface area contributed by atoms with Crippen LogP contribution in [0.5, 0.6) is 5.75 Å². The highest BCUT2D eigenvalue weighted by molar-refractivity contribution is 7.98. The fourth-order valence-corrected chi connectivity index (χ4v) is 6.44. The summed E-state index contributed by atoms with van der Waals surface area (Å²) in [6, 6.07) is 20.0. The minimum absolute atomic E-state index is 0.0729. The molecular formula is C30H35N3O5S2. The topological polar surface area (TPSA) is 96.0 Å². The van der Waals surface area contributed by atoms with Gasteiger partial charge in [-0.15, -0.1) is 11.8 Å². The van der Waals surface area contributed by atoms with Gasteiger partial charge in [0.15, 0.2) is 0 Å². The zero-order valence-electron chi connectivity index (χ0n) is 22.8. The van der Waals surface area contributed by atoms with Crippen molar-refractivity contribution < 1.29 is 22.7 Å². The van der Waals surface area contributed by atoms with Crippen LogP contribution in [0.3, 0.4) is 0 Å². The highest BCUT2D eigenvalue weighted by atomic mass is 32.2. The van der Waals surface area contributed by atoms with Crippen LogP contribution in [-0.2, 0) is 14.8 Å². The molecule has 1 heterocycles. The molecule has 0 aromatic heterocycles. The van der Waals surface area contributed by atoms with E-state index in [0.717, 1.165) is 34.9 Å². The molecule has 0 bridgehead atoms. The second-order valence-electron chi connectivity index (χ2n) is 9.41. The van der Waals surface area contributed by atoms with E-state index in [-0.39, 0.29) is 10.8 Å². The van der Waals surface area contributed by atoms with Gasteiger partial charge in [0, 0.05) is 18.0 Å². The summed E-state index contributed by atoms with van der Waals surface area (Å²) in [7, 11) is -4.09. The number of nitrogens with zero attached hydrogens (tertiary/aromatic N) is 2. The molecule has 10 heteroatoms. The normalized spacial score (nSPS) is 13.8. The van der Waals surface area contributed by atoms with Crippen LogP contribution in [-0.4, -0.2) is 57.6 Å². The number of carbonyl (C=O) groups excluding carboxylic acids is 2. The number of benzene rings is 3. The molecular weight excluding hydrogens is 546 g/mol. The van der Waals surface area contributed by atoms with Crippen molar-refractivity contribution in [3.63, 3.8) is 0 Å². The monoisotopic (exact) mass is 581 g/mol. The van der Waals surface area contributed by atoms with Crippen LogP contribution in [0.15, 0.2) is 82.6 Å². The number of likely N-dealkylation sites (tertiary alicyclic amines) is 1. The lowest BCUT2D eigenvalue weighted by Crippen LogP contribution is -2.38. The summed E-state index contributed by atoms with van der Waals surface area (Å²) in [5.74, 6) is -0.102. The first-order chi connectivity index (χ1) is 19.3. The molecule has 4 rings (SSSR count). The zero-order chi connectivity index (χ0) is 28.5. The summed E-state index contributed by atoms with van der Waals surface area (Å²) in [4.78, 5) is 29.5. The standard InChI is InChI=1S/C30H35N3O5S2/c1-3-38-24-14-12-23(13-15-24)33(40(36,37)26-18-16-25(39-2)17-19-26)22-29(34)31-28-11-7-6-10-27(28)30(35)32-20-8-4-5-9-21-32/h6-7,10-19H,3-5,8-9,20-22H2,1-2H3,(H,31,34). The fourth-order valence-electron chi connectivity index (χ4n) is 4.61. The number of amides is 2. The van der Waals surface area contributed by atoms with E-state index in [1.807, 2.05) is 18.1 Å². The quantitative estimate of drug-likeness (QED) is 0.311.